The lowest BCUT2D eigenvalue weighted by Gasteiger charge is -2.12. The summed E-state index contributed by atoms with van der Waals surface area (Å²) in [5, 5.41) is 3.90. The molecule has 1 saturated carbocycles. The first-order chi connectivity index (χ1) is 9.63. The van der Waals surface area contributed by atoms with Crippen LogP contribution in [0, 0.1) is 5.82 Å². The van der Waals surface area contributed by atoms with Gasteiger partial charge in [0.2, 0.25) is 0 Å². The molecule has 1 heterocycles. The van der Waals surface area contributed by atoms with Crippen molar-refractivity contribution in [2.24, 2.45) is 5.73 Å². The first-order valence-electron chi connectivity index (χ1n) is 6.64. The average molecular weight is 277 g/mol. The highest BCUT2D eigenvalue weighted by Crippen LogP contribution is 2.38. The van der Waals surface area contributed by atoms with Gasteiger partial charge in [0, 0.05) is 23.6 Å². The van der Waals surface area contributed by atoms with Crippen molar-refractivity contribution in [1.29, 1.82) is 0 Å². The van der Waals surface area contributed by atoms with Crippen molar-refractivity contribution >= 4 is 0 Å². The molecule has 0 bridgehead atoms. The summed E-state index contributed by atoms with van der Waals surface area (Å²) >= 11 is 0. The Balaban J connectivity index is 1.71. The molecule has 1 atom stereocenters. The molecule has 3 rings (SSSR count). The van der Waals surface area contributed by atoms with Crippen molar-refractivity contribution in [2.45, 2.75) is 38.3 Å². The normalized spacial score (nSPS) is 16.1. The van der Waals surface area contributed by atoms with Gasteiger partial charge in [-0.2, -0.15) is 4.98 Å². The smallest absolute Gasteiger partial charge is 0.264 e. The first-order valence-corrected chi connectivity index (χ1v) is 6.64. The van der Waals surface area contributed by atoms with Gasteiger partial charge in [0.15, 0.2) is 12.4 Å². The summed E-state index contributed by atoms with van der Waals surface area (Å²) in [6, 6.07) is 4.06. The second-order valence-electron chi connectivity index (χ2n) is 5.08. The molecule has 2 N–H and O–H groups in total. The molecule has 2 aromatic rings. The number of ether oxygens (including phenoxy) is 1. The lowest BCUT2D eigenvalue weighted by Crippen LogP contribution is -2.08. The first kappa shape index (κ1) is 13.1. The van der Waals surface area contributed by atoms with E-state index in [1.165, 1.54) is 12.1 Å². The summed E-state index contributed by atoms with van der Waals surface area (Å²) in [6.45, 7) is 1.93. The van der Waals surface area contributed by atoms with Crippen LogP contribution in [0.3, 0.4) is 0 Å². The van der Waals surface area contributed by atoms with E-state index in [1.807, 2.05) is 6.92 Å². The zero-order chi connectivity index (χ0) is 14.1. The molecular weight excluding hydrogens is 261 g/mol. The molecule has 106 valence electrons. The predicted octanol–water partition coefficient (Wildman–Crippen LogP) is 2.68. The van der Waals surface area contributed by atoms with Crippen molar-refractivity contribution in [2.75, 3.05) is 0 Å². The maximum atomic E-state index is 13.3. The Morgan fingerprint density at radius 2 is 2.30 bits per heavy atom. The molecule has 1 aromatic heterocycles. The van der Waals surface area contributed by atoms with E-state index < -0.39 is 0 Å². The number of halogens is 1. The predicted molar refractivity (Wildman–Crippen MR) is 69.6 cm³/mol. The third-order valence-corrected chi connectivity index (χ3v) is 3.24. The zero-order valence-corrected chi connectivity index (χ0v) is 11.2. The van der Waals surface area contributed by atoms with Gasteiger partial charge in [0.25, 0.3) is 5.89 Å². The van der Waals surface area contributed by atoms with Crippen LogP contribution in [0.25, 0.3) is 0 Å². The monoisotopic (exact) mass is 277 g/mol. The standard InChI is InChI=1S/C14H16FN3O2/c1-8(16)11-5-4-10(15)6-12(11)19-7-13-17-14(18-20-13)9-2-3-9/h4-6,8-9H,2-3,7,16H2,1H3. The summed E-state index contributed by atoms with van der Waals surface area (Å²) in [4.78, 5) is 4.26. The molecule has 1 aliphatic rings. The zero-order valence-electron chi connectivity index (χ0n) is 11.2. The van der Waals surface area contributed by atoms with Crippen molar-refractivity contribution in [3.63, 3.8) is 0 Å². The molecule has 1 fully saturated rings. The number of nitrogens with zero attached hydrogens (tertiary/aromatic N) is 2. The fourth-order valence-electron chi connectivity index (χ4n) is 1.98. The Bertz CT molecular complexity index is 608. The van der Waals surface area contributed by atoms with Gasteiger partial charge in [-0.3, -0.25) is 0 Å². The summed E-state index contributed by atoms with van der Waals surface area (Å²) < 4.78 is 24.0. The van der Waals surface area contributed by atoms with Gasteiger partial charge >= 0.3 is 0 Å². The van der Waals surface area contributed by atoms with Crippen molar-refractivity contribution in [1.82, 2.24) is 10.1 Å². The van der Waals surface area contributed by atoms with Gasteiger partial charge in [-0.1, -0.05) is 11.2 Å². The van der Waals surface area contributed by atoms with Gasteiger partial charge in [-0.05, 0) is 25.8 Å². The van der Waals surface area contributed by atoms with Crippen LogP contribution in [0.15, 0.2) is 22.7 Å². The SMILES string of the molecule is CC(N)c1ccc(F)cc1OCc1nc(C2CC2)no1. The van der Waals surface area contributed by atoms with E-state index in [0.29, 0.717) is 17.6 Å². The molecule has 1 aliphatic carbocycles. The van der Waals surface area contributed by atoms with E-state index >= 15 is 0 Å². The van der Waals surface area contributed by atoms with Crippen LogP contribution in [0.5, 0.6) is 5.75 Å². The van der Waals surface area contributed by atoms with E-state index in [-0.39, 0.29) is 18.5 Å². The van der Waals surface area contributed by atoms with Crippen LogP contribution in [0.2, 0.25) is 0 Å². The van der Waals surface area contributed by atoms with Gasteiger partial charge in [-0.25, -0.2) is 4.39 Å². The van der Waals surface area contributed by atoms with Gasteiger partial charge < -0.3 is 15.0 Å². The quantitative estimate of drug-likeness (QED) is 0.909. The number of aromatic nitrogens is 2. The molecule has 5 nitrogen and oxygen atoms in total. The van der Waals surface area contributed by atoms with Gasteiger partial charge in [0.1, 0.15) is 11.6 Å². The summed E-state index contributed by atoms with van der Waals surface area (Å²) in [7, 11) is 0. The van der Waals surface area contributed by atoms with Crippen molar-refractivity contribution in [3.05, 3.63) is 41.3 Å². The van der Waals surface area contributed by atoms with Crippen LogP contribution < -0.4 is 10.5 Å². The third kappa shape index (κ3) is 2.80. The van der Waals surface area contributed by atoms with Crippen LogP contribution in [0.1, 0.15) is 49.0 Å². The van der Waals surface area contributed by atoms with Crippen LogP contribution in [-0.2, 0) is 6.61 Å². The lowest BCUT2D eigenvalue weighted by molar-refractivity contribution is 0.239. The maximum Gasteiger partial charge on any atom is 0.264 e. The molecule has 0 spiro atoms. The van der Waals surface area contributed by atoms with Crippen molar-refractivity contribution in [3.8, 4) is 5.75 Å². The second kappa shape index (κ2) is 5.20. The number of nitrogens with two attached hydrogens (primary N) is 1. The minimum atomic E-state index is -0.367. The number of hydrogen-bond donors (Lipinski definition) is 1. The average Bonchev–Trinajstić information content (AvgIpc) is 3.15. The highest BCUT2D eigenvalue weighted by atomic mass is 19.1. The minimum Gasteiger partial charge on any atom is -0.483 e. The molecule has 0 amide bonds. The molecule has 1 aromatic carbocycles. The number of benzene rings is 1. The van der Waals surface area contributed by atoms with Crippen molar-refractivity contribution < 1.29 is 13.7 Å². The maximum absolute atomic E-state index is 13.3. The van der Waals surface area contributed by atoms with Gasteiger partial charge in [-0.15, -0.1) is 0 Å². The van der Waals surface area contributed by atoms with E-state index in [4.69, 9.17) is 15.0 Å². The highest BCUT2D eigenvalue weighted by Gasteiger charge is 2.28. The second-order valence-corrected chi connectivity index (χ2v) is 5.08. The fourth-order valence-corrected chi connectivity index (χ4v) is 1.98. The largest absolute Gasteiger partial charge is 0.483 e. The number of rotatable bonds is 5. The topological polar surface area (TPSA) is 74.2 Å². The molecule has 20 heavy (non-hydrogen) atoms. The highest BCUT2D eigenvalue weighted by molar-refractivity contribution is 5.36. The minimum absolute atomic E-state index is 0.114. The molecule has 0 radical (unpaired) electrons. The van der Waals surface area contributed by atoms with Crippen LogP contribution >= 0.6 is 0 Å². The van der Waals surface area contributed by atoms with E-state index in [1.54, 1.807) is 6.07 Å². The Labute approximate surface area is 115 Å². The number of hydrogen-bond acceptors (Lipinski definition) is 5. The van der Waals surface area contributed by atoms with Crippen LogP contribution in [0.4, 0.5) is 4.39 Å². The molecular formula is C14H16FN3O2. The Kier molecular flexibility index (Phi) is 3.40. The van der Waals surface area contributed by atoms with E-state index in [2.05, 4.69) is 10.1 Å². The molecule has 1 unspecified atom stereocenters. The Hall–Kier alpha value is -1.95. The third-order valence-electron chi connectivity index (χ3n) is 3.24. The van der Waals surface area contributed by atoms with Crippen LogP contribution in [-0.4, -0.2) is 10.1 Å². The van der Waals surface area contributed by atoms with Gasteiger partial charge in [0.05, 0.1) is 0 Å². The molecule has 6 heteroatoms. The lowest BCUT2D eigenvalue weighted by atomic mass is 10.1. The molecule has 0 saturated heterocycles. The summed E-state index contributed by atoms with van der Waals surface area (Å²) in [6.07, 6.45) is 2.22. The molecule has 0 aliphatic heterocycles. The Morgan fingerprint density at radius 3 is 3.00 bits per heavy atom. The fraction of sp³-hybridized carbons (Fsp3) is 0.429. The summed E-state index contributed by atoms with van der Waals surface area (Å²) in [5.41, 5.74) is 6.58. The van der Waals surface area contributed by atoms with E-state index in [0.717, 1.165) is 24.2 Å². The Morgan fingerprint density at radius 1 is 1.50 bits per heavy atom. The summed E-state index contributed by atoms with van der Waals surface area (Å²) in [5.74, 6) is 1.60. The van der Waals surface area contributed by atoms with E-state index in [9.17, 15) is 4.39 Å².